The molecule has 1 aromatic heterocycles. The fourth-order valence-corrected chi connectivity index (χ4v) is 1.33. The Morgan fingerprint density at radius 2 is 2.06 bits per heavy atom. The maximum absolute atomic E-state index is 12.5. The van der Waals surface area contributed by atoms with Crippen LogP contribution in [0, 0.1) is 5.92 Å². The zero-order chi connectivity index (χ0) is 13.8. The summed E-state index contributed by atoms with van der Waals surface area (Å²) in [6, 6.07) is 0.699. The maximum Gasteiger partial charge on any atom is 0.433 e. The lowest BCUT2D eigenvalue weighted by Gasteiger charge is -2.21. The Hall–Kier alpha value is -1.37. The van der Waals surface area contributed by atoms with Crippen molar-refractivity contribution < 1.29 is 17.9 Å². The van der Waals surface area contributed by atoms with Crippen LogP contribution < -0.4 is 5.32 Å². The number of anilines is 1. The van der Waals surface area contributed by atoms with E-state index in [1.54, 1.807) is 0 Å². The molecular weight excluding hydrogens is 247 g/mol. The molecule has 1 atom stereocenters. The summed E-state index contributed by atoms with van der Waals surface area (Å²) in [6.45, 7) is 4.24. The number of methoxy groups -OCH3 is 1. The summed E-state index contributed by atoms with van der Waals surface area (Å²) in [4.78, 5) is 7.23. The van der Waals surface area contributed by atoms with Crippen molar-refractivity contribution in [2.45, 2.75) is 26.1 Å². The van der Waals surface area contributed by atoms with Crippen LogP contribution >= 0.6 is 0 Å². The van der Waals surface area contributed by atoms with E-state index >= 15 is 0 Å². The third kappa shape index (κ3) is 4.14. The quantitative estimate of drug-likeness (QED) is 0.887. The first kappa shape index (κ1) is 14.7. The molecule has 0 aromatic carbocycles. The van der Waals surface area contributed by atoms with E-state index in [1.165, 1.54) is 7.11 Å². The largest absolute Gasteiger partial charge is 0.433 e. The van der Waals surface area contributed by atoms with Crippen LogP contribution in [0.5, 0.6) is 0 Å². The second-order valence-electron chi connectivity index (χ2n) is 4.21. The van der Waals surface area contributed by atoms with Gasteiger partial charge in [-0.25, -0.2) is 9.97 Å². The first-order valence-electron chi connectivity index (χ1n) is 5.50. The number of alkyl halides is 3. The van der Waals surface area contributed by atoms with E-state index in [1.807, 2.05) is 13.8 Å². The molecule has 0 aliphatic heterocycles. The third-order valence-electron chi connectivity index (χ3n) is 2.41. The van der Waals surface area contributed by atoms with Crippen molar-refractivity contribution in [1.82, 2.24) is 9.97 Å². The Morgan fingerprint density at radius 1 is 1.39 bits per heavy atom. The van der Waals surface area contributed by atoms with Gasteiger partial charge >= 0.3 is 6.18 Å². The van der Waals surface area contributed by atoms with Crippen molar-refractivity contribution in [1.29, 1.82) is 0 Å². The zero-order valence-corrected chi connectivity index (χ0v) is 10.5. The molecule has 102 valence electrons. The average molecular weight is 263 g/mol. The smallest absolute Gasteiger partial charge is 0.383 e. The molecule has 0 bridgehead atoms. The second kappa shape index (κ2) is 5.99. The summed E-state index contributed by atoms with van der Waals surface area (Å²) < 4.78 is 42.4. The lowest BCUT2D eigenvalue weighted by Crippen LogP contribution is -2.31. The predicted octanol–water partition coefficient (Wildman–Crippen LogP) is 2.58. The van der Waals surface area contributed by atoms with Crippen molar-refractivity contribution in [3.63, 3.8) is 0 Å². The summed E-state index contributed by atoms with van der Waals surface area (Å²) in [6.07, 6.45) is -3.38. The van der Waals surface area contributed by atoms with E-state index in [9.17, 15) is 13.2 Å². The number of halogens is 3. The minimum atomic E-state index is -4.46. The summed E-state index contributed by atoms with van der Waals surface area (Å²) in [5, 5.41) is 2.84. The fourth-order valence-electron chi connectivity index (χ4n) is 1.33. The molecule has 1 rings (SSSR count). The van der Waals surface area contributed by atoms with Crippen LogP contribution in [0.4, 0.5) is 19.1 Å². The summed E-state index contributed by atoms with van der Waals surface area (Å²) in [5.41, 5.74) is -0.958. The maximum atomic E-state index is 12.5. The van der Waals surface area contributed by atoms with E-state index in [0.717, 1.165) is 12.3 Å². The number of ether oxygens (including phenoxy) is 1. The molecule has 0 amide bonds. The van der Waals surface area contributed by atoms with Crippen molar-refractivity contribution in [3.05, 3.63) is 18.0 Å². The third-order valence-corrected chi connectivity index (χ3v) is 2.41. The summed E-state index contributed by atoms with van der Waals surface area (Å²) in [7, 11) is 1.53. The van der Waals surface area contributed by atoms with E-state index in [-0.39, 0.29) is 17.9 Å². The Kier molecular flexibility index (Phi) is 4.89. The molecule has 4 nitrogen and oxygen atoms in total. The molecule has 1 aromatic rings. The molecule has 0 radical (unpaired) electrons. The van der Waals surface area contributed by atoms with E-state index in [0.29, 0.717) is 6.61 Å². The van der Waals surface area contributed by atoms with Gasteiger partial charge in [0.25, 0.3) is 0 Å². The molecule has 0 fully saturated rings. The van der Waals surface area contributed by atoms with Crippen LogP contribution in [-0.4, -0.2) is 29.7 Å². The van der Waals surface area contributed by atoms with Gasteiger partial charge in [0.15, 0.2) is 0 Å². The standard InChI is InChI=1S/C11H16F3N3O/c1-7(2)8(6-18-3)16-10-15-5-4-9(17-10)11(12,13)14/h4-5,7-8H,6H2,1-3H3,(H,15,16,17). The van der Waals surface area contributed by atoms with Crippen molar-refractivity contribution >= 4 is 5.95 Å². The number of hydrogen-bond acceptors (Lipinski definition) is 4. The van der Waals surface area contributed by atoms with E-state index in [2.05, 4.69) is 15.3 Å². The van der Waals surface area contributed by atoms with Gasteiger partial charge in [0.05, 0.1) is 12.6 Å². The van der Waals surface area contributed by atoms with Gasteiger partial charge in [-0.1, -0.05) is 13.8 Å². The lowest BCUT2D eigenvalue weighted by molar-refractivity contribution is -0.141. The molecule has 0 aliphatic carbocycles. The van der Waals surface area contributed by atoms with Gasteiger partial charge in [0.1, 0.15) is 5.69 Å². The van der Waals surface area contributed by atoms with Gasteiger partial charge in [-0.05, 0) is 12.0 Å². The molecule has 1 heterocycles. The highest BCUT2D eigenvalue weighted by Gasteiger charge is 2.33. The van der Waals surface area contributed by atoms with Gasteiger partial charge < -0.3 is 10.1 Å². The number of nitrogens with zero attached hydrogens (tertiary/aromatic N) is 2. The number of nitrogens with one attached hydrogen (secondary N) is 1. The van der Waals surface area contributed by atoms with Gasteiger partial charge in [-0.2, -0.15) is 13.2 Å². The van der Waals surface area contributed by atoms with Gasteiger partial charge in [-0.3, -0.25) is 0 Å². The number of aromatic nitrogens is 2. The minimum absolute atomic E-state index is 0.0411. The highest BCUT2D eigenvalue weighted by Crippen LogP contribution is 2.27. The van der Waals surface area contributed by atoms with Gasteiger partial charge in [0, 0.05) is 13.3 Å². The topological polar surface area (TPSA) is 47.0 Å². The second-order valence-corrected chi connectivity index (χ2v) is 4.21. The first-order valence-corrected chi connectivity index (χ1v) is 5.50. The molecule has 0 aliphatic rings. The molecule has 18 heavy (non-hydrogen) atoms. The Labute approximate surface area is 104 Å². The van der Waals surface area contributed by atoms with Crippen molar-refractivity contribution in [3.8, 4) is 0 Å². The van der Waals surface area contributed by atoms with Crippen LogP contribution in [0.25, 0.3) is 0 Å². The van der Waals surface area contributed by atoms with Crippen LogP contribution in [0.3, 0.4) is 0 Å². The summed E-state index contributed by atoms with van der Waals surface area (Å²) >= 11 is 0. The molecule has 1 N–H and O–H groups in total. The summed E-state index contributed by atoms with van der Waals surface area (Å²) in [5.74, 6) is 0.142. The molecule has 7 heteroatoms. The van der Waals surface area contributed by atoms with Crippen LogP contribution in [0.1, 0.15) is 19.5 Å². The highest BCUT2D eigenvalue weighted by atomic mass is 19.4. The van der Waals surface area contributed by atoms with Crippen molar-refractivity contribution in [2.75, 3.05) is 19.0 Å². The normalized spacial score (nSPS) is 13.7. The van der Waals surface area contributed by atoms with Crippen LogP contribution in [0.2, 0.25) is 0 Å². The molecule has 0 saturated heterocycles. The van der Waals surface area contributed by atoms with E-state index in [4.69, 9.17) is 4.74 Å². The zero-order valence-electron chi connectivity index (χ0n) is 10.5. The Balaban J connectivity index is 2.83. The number of hydrogen-bond donors (Lipinski definition) is 1. The SMILES string of the molecule is COCC(Nc1nccc(C(F)(F)F)n1)C(C)C. The Morgan fingerprint density at radius 3 is 2.56 bits per heavy atom. The molecular formula is C11H16F3N3O. The predicted molar refractivity (Wildman–Crippen MR) is 61.2 cm³/mol. The fraction of sp³-hybridized carbons (Fsp3) is 0.636. The van der Waals surface area contributed by atoms with Gasteiger partial charge in [-0.15, -0.1) is 0 Å². The lowest BCUT2D eigenvalue weighted by atomic mass is 10.1. The molecule has 0 saturated carbocycles. The average Bonchev–Trinajstić information content (AvgIpc) is 2.27. The van der Waals surface area contributed by atoms with Crippen LogP contribution in [-0.2, 0) is 10.9 Å². The molecule has 1 unspecified atom stereocenters. The Bertz CT molecular complexity index is 382. The minimum Gasteiger partial charge on any atom is -0.383 e. The van der Waals surface area contributed by atoms with Crippen LogP contribution in [0.15, 0.2) is 12.3 Å². The molecule has 0 spiro atoms. The van der Waals surface area contributed by atoms with Gasteiger partial charge in [0.2, 0.25) is 5.95 Å². The highest BCUT2D eigenvalue weighted by molar-refractivity contribution is 5.27. The number of rotatable bonds is 5. The monoisotopic (exact) mass is 263 g/mol. The first-order chi connectivity index (χ1) is 8.34. The van der Waals surface area contributed by atoms with E-state index < -0.39 is 11.9 Å². The van der Waals surface area contributed by atoms with Crippen molar-refractivity contribution in [2.24, 2.45) is 5.92 Å².